The van der Waals surface area contributed by atoms with Gasteiger partial charge in [-0.15, -0.1) is 0 Å². The minimum Gasteiger partial charge on any atom is -0.396 e. The number of nitrogens with one attached hydrogen (secondary N) is 3. The average Bonchev–Trinajstić information content (AvgIpc) is 1.77. The van der Waals surface area contributed by atoms with Gasteiger partial charge in [-0.2, -0.15) is 21.6 Å². The molecular weight excluding hydrogens is 1340 g/mol. The molecule has 8 N–H and O–H groups in total. The number of alkyl halides is 3. The van der Waals surface area contributed by atoms with Crippen molar-refractivity contribution in [1.82, 2.24) is 48.9 Å². The third-order valence-electron chi connectivity index (χ3n) is 17.4. The van der Waals surface area contributed by atoms with Gasteiger partial charge in [0.1, 0.15) is 35.8 Å². The Bertz CT molecular complexity index is 4210. The number of anilines is 2. The van der Waals surface area contributed by atoms with Crippen molar-refractivity contribution in [3.63, 3.8) is 0 Å². The van der Waals surface area contributed by atoms with Crippen molar-refractivity contribution in [2.24, 2.45) is 34.7 Å². The van der Waals surface area contributed by atoms with Crippen LogP contribution in [0.4, 0.5) is 24.8 Å². The van der Waals surface area contributed by atoms with Crippen molar-refractivity contribution in [2.75, 3.05) is 30.5 Å². The van der Waals surface area contributed by atoms with Crippen molar-refractivity contribution in [2.45, 2.75) is 125 Å². The maximum atomic E-state index is 13.2. The van der Waals surface area contributed by atoms with Gasteiger partial charge in [-0.05, 0) is 97.1 Å². The van der Waals surface area contributed by atoms with Crippen LogP contribution in [-0.4, -0.2) is 141 Å². The van der Waals surface area contributed by atoms with E-state index in [1.807, 2.05) is 136 Å². The number of nitrogens with two attached hydrogens (primary N) is 1. The van der Waals surface area contributed by atoms with Crippen LogP contribution in [0.2, 0.25) is 5.15 Å². The number of nitrogens with zero attached hydrogens (tertiary/aromatic N) is 9. The number of halogens is 4. The normalized spacial score (nSPS) is 19.7. The summed E-state index contributed by atoms with van der Waals surface area (Å²) in [6, 6.07) is 35.0. The van der Waals surface area contributed by atoms with E-state index < -0.39 is 40.5 Å². The molecule has 9 aromatic rings. The minimum atomic E-state index is -4.82. The molecule has 0 spiro atoms. The molecule has 3 aromatic carbocycles. The number of hydrogen-bond donors (Lipinski definition) is 7. The first-order chi connectivity index (χ1) is 47.0. The monoisotopic (exact) mass is 1430 g/mol. The maximum Gasteiger partial charge on any atom is 0.471 e. The number of aliphatic hydroxyl groups excluding tert-OH is 3. The number of hydrogen-bond acceptors (Lipinski definition) is 18. The van der Waals surface area contributed by atoms with E-state index in [0.717, 1.165) is 18.4 Å². The van der Waals surface area contributed by atoms with E-state index in [-0.39, 0.29) is 88.5 Å². The molecule has 9 atom stereocenters. The predicted octanol–water partition coefficient (Wildman–Crippen LogP) is 10.9. The summed E-state index contributed by atoms with van der Waals surface area (Å²) in [5, 5.41) is 42.3. The molecule has 12 rings (SSSR count). The Morgan fingerprint density at radius 2 is 0.921 bits per heavy atom. The molecule has 0 bridgehead atoms. The summed E-state index contributed by atoms with van der Waals surface area (Å²) in [5.41, 5.74) is 6.28. The standard InChI is InChI=1S/C23H26N4O2.C22H25N5O5S.C16H12ClN3O.C9H14F3NO2.3CH4/c1-16-9-20(10-19(16)14-28)26-23-21(11-24-15-25-23)22(29)18-7-8-27(13-18)12-17-5-3-2-4-6-17;23-33(30,31)32-13-17-8-18(9-20(17)28)26-22-19(10-24-14-25-22)21(29)16-6-7-27(12-16)11-15-4-2-1-3-5-15;17-16-14(8-18-11-19-16)15(21)13-6-7-20(10-13)9-12-4-2-1-3-5-12;1-5-2-7(3-6(5)4-14)13-8(15)9(10,11)12;;;/h2-8,11,13,15-16,19-20,28H,9-10,12,14H2,1H3,(H,24,25,26);1-7,10,12,14,17-18,20,28H,8-9,11,13H2,(H2,23,30,31)(H,24,25,26);1-8,10-11H,9H2;5-7,14H,2-4H2,1H3,(H,13,15);3*1H4/t16-,19+,20-;17-,18-,20+;;5-,6+,7-;;;/m01.0.../s1. The van der Waals surface area contributed by atoms with E-state index in [9.17, 15) is 51.0 Å². The van der Waals surface area contributed by atoms with Crippen LogP contribution >= 0.6 is 11.6 Å². The largest absolute Gasteiger partial charge is 0.471 e. The molecule has 0 unspecified atom stereocenters. The molecule has 6 heterocycles. The van der Waals surface area contributed by atoms with E-state index in [2.05, 4.69) is 63.8 Å². The molecule has 23 nitrogen and oxygen atoms in total. The summed E-state index contributed by atoms with van der Waals surface area (Å²) in [7, 11) is -4.08. The Labute approximate surface area is 592 Å². The second-order valence-electron chi connectivity index (χ2n) is 24.7. The minimum absolute atomic E-state index is 0. The van der Waals surface area contributed by atoms with E-state index in [0.29, 0.717) is 102 Å². The molecule has 3 saturated carbocycles. The number of aliphatic hydroxyl groups is 3. The van der Waals surface area contributed by atoms with Crippen LogP contribution in [-0.2, 0) is 38.9 Å². The van der Waals surface area contributed by atoms with Crippen molar-refractivity contribution in [1.29, 1.82) is 0 Å². The van der Waals surface area contributed by atoms with Crippen molar-refractivity contribution in [3.05, 3.63) is 239 Å². The van der Waals surface area contributed by atoms with Gasteiger partial charge in [-0.1, -0.05) is 139 Å². The van der Waals surface area contributed by atoms with Crippen LogP contribution in [0.3, 0.4) is 0 Å². The molecule has 540 valence electrons. The lowest BCUT2D eigenvalue weighted by Crippen LogP contribution is -2.42. The van der Waals surface area contributed by atoms with Gasteiger partial charge in [0.05, 0.1) is 29.4 Å². The van der Waals surface area contributed by atoms with E-state index >= 15 is 0 Å². The van der Waals surface area contributed by atoms with E-state index in [4.69, 9.17) is 21.8 Å². The fraction of sp³-hybridized carbons (Fsp3) is 0.370. The van der Waals surface area contributed by atoms with Crippen LogP contribution in [0, 0.1) is 29.6 Å². The fourth-order valence-corrected chi connectivity index (χ4v) is 12.8. The fourth-order valence-electron chi connectivity index (χ4n) is 12.2. The molecule has 3 fully saturated rings. The van der Waals surface area contributed by atoms with E-state index in [1.165, 1.54) is 42.5 Å². The second kappa shape index (κ2) is 37.9. The zero-order chi connectivity index (χ0) is 69.9. The van der Waals surface area contributed by atoms with Crippen molar-refractivity contribution < 1.29 is 60.3 Å². The predicted molar refractivity (Wildman–Crippen MR) is 380 cm³/mol. The summed E-state index contributed by atoms with van der Waals surface area (Å²) in [6.45, 7) is 6.05. The zero-order valence-electron chi connectivity index (χ0n) is 53.7. The second-order valence-corrected chi connectivity index (χ2v) is 26.2. The first kappa shape index (κ1) is 80.6. The molecule has 28 heteroatoms. The Morgan fingerprint density at radius 3 is 1.31 bits per heavy atom. The summed E-state index contributed by atoms with van der Waals surface area (Å²) in [6.07, 6.45) is 17.6. The Kier molecular flexibility index (Phi) is 30.3. The molecule has 1 amide bonds. The maximum absolute atomic E-state index is 13.2. The molecule has 101 heavy (non-hydrogen) atoms. The Morgan fingerprint density at radius 1 is 0.554 bits per heavy atom. The first-order valence-electron chi connectivity index (χ1n) is 31.8. The van der Waals surface area contributed by atoms with Gasteiger partial charge in [-0.25, -0.2) is 35.0 Å². The highest BCUT2D eigenvalue weighted by Crippen LogP contribution is 2.35. The number of carbonyl (C=O) groups is 4. The van der Waals surface area contributed by atoms with Crippen LogP contribution in [0.25, 0.3) is 0 Å². The van der Waals surface area contributed by atoms with Gasteiger partial charge < -0.3 is 45.0 Å². The number of rotatable bonds is 22. The lowest BCUT2D eigenvalue weighted by molar-refractivity contribution is -0.174. The topological polar surface area (TPSA) is 327 Å². The van der Waals surface area contributed by atoms with Crippen molar-refractivity contribution >= 4 is 56.8 Å². The molecule has 3 aliphatic rings. The highest BCUT2D eigenvalue weighted by Gasteiger charge is 2.42. The number of carbonyl (C=O) groups excluding carboxylic acids is 4. The van der Waals surface area contributed by atoms with Gasteiger partial charge in [0.2, 0.25) is 0 Å². The third kappa shape index (κ3) is 23.4. The molecule has 0 aliphatic heterocycles. The number of ketones is 3. The molecular formula is C73H89ClF3N13O10S. The molecule has 3 aliphatic carbocycles. The van der Waals surface area contributed by atoms with Crippen LogP contribution in [0.1, 0.15) is 139 Å². The summed E-state index contributed by atoms with van der Waals surface area (Å²) in [5.74, 6) is -0.988. The highest BCUT2D eigenvalue weighted by atomic mass is 35.5. The summed E-state index contributed by atoms with van der Waals surface area (Å²) in [4.78, 5) is 73.5. The van der Waals surface area contributed by atoms with Gasteiger partial charge in [0.15, 0.2) is 17.3 Å². The summed E-state index contributed by atoms with van der Waals surface area (Å²) < 4.78 is 68.3. The molecule has 6 aromatic heterocycles. The van der Waals surface area contributed by atoms with Gasteiger partial charge in [-0.3, -0.25) is 23.4 Å². The van der Waals surface area contributed by atoms with Crippen LogP contribution in [0.5, 0.6) is 0 Å². The van der Waals surface area contributed by atoms with Crippen LogP contribution < -0.4 is 21.1 Å². The Balaban J connectivity index is 0.000000217. The lowest BCUT2D eigenvalue weighted by Gasteiger charge is -2.15. The average molecular weight is 1430 g/mol. The third-order valence-corrected chi connectivity index (χ3v) is 18.2. The Hall–Kier alpha value is -9.35. The number of amides is 1. The zero-order valence-corrected chi connectivity index (χ0v) is 55.3. The van der Waals surface area contributed by atoms with Gasteiger partial charge in [0.25, 0.3) is 0 Å². The quantitative estimate of drug-likeness (QED) is 0.0245. The van der Waals surface area contributed by atoms with Gasteiger partial charge in [0, 0.05) is 129 Å². The lowest BCUT2D eigenvalue weighted by atomic mass is 10.00. The number of aromatic nitrogens is 9. The van der Waals surface area contributed by atoms with E-state index in [1.54, 1.807) is 30.7 Å². The van der Waals surface area contributed by atoms with Gasteiger partial charge >= 0.3 is 22.4 Å². The SMILES string of the molecule is C.C.C.C[C@H]1C[C@H](NC(=O)C(F)(F)F)C[C@@H]1CO.C[C@H]1C[C@H](Nc2ncncc2C(=O)c2ccn(Cc3ccccc3)c2)C[C@@H]1CO.NS(=O)(=O)OC[C@H]1C[C@@H](Nc2ncncc2C(=O)c2ccn(Cc3ccccc3)c2)C[C@@H]1O.O=C(c1ccn(Cc2ccccc2)c1)c1cncnc1Cl. The smallest absolute Gasteiger partial charge is 0.396 e. The van der Waals surface area contributed by atoms with Crippen LogP contribution in [0.15, 0.2) is 184 Å². The summed E-state index contributed by atoms with van der Waals surface area (Å²) >= 11 is 5.93. The molecule has 0 radical (unpaired) electrons. The molecule has 0 saturated heterocycles. The number of benzene rings is 3. The first-order valence-corrected chi connectivity index (χ1v) is 33.6. The highest BCUT2D eigenvalue weighted by molar-refractivity contribution is 7.84. The van der Waals surface area contributed by atoms with Crippen molar-refractivity contribution in [3.8, 4) is 0 Å².